The van der Waals surface area contributed by atoms with Crippen LogP contribution in [0.3, 0.4) is 0 Å². The molecule has 0 saturated heterocycles. The minimum absolute atomic E-state index is 0.215. The lowest BCUT2D eigenvalue weighted by Crippen LogP contribution is -2.39. The van der Waals surface area contributed by atoms with Gasteiger partial charge in [0.05, 0.1) is 7.11 Å². The molecule has 17 heavy (non-hydrogen) atoms. The highest BCUT2D eigenvalue weighted by molar-refractivity contribution is 5.48. The molecule has 3 nitrogen and oxygen atoms in total. The largest absolute Gasteiger partial charge is 0.497 e. The zero-order valence-corrected chi connectivity index (χ0v) is 11.3. The van der Waals surface area contributed by atoms with E-state index in [0.29, 0.717) is 5.92 Å². The summed E-state index contributed by atoms with van der Waals surface area (Å²) in [6.45, 7) is 5.26. The lowest BCUT2D eigenvalue weighted by atomic mass is 9.99. The van der Waals surface area contributed by atoms with Gasteiger partial charge in [0, 0.05) is 25.3 Å². The van der Waals surface area contributed by atoms with Crippen molar-refractivity contribution in [1.82, 2.24) is 0 Å². The maximum absolute atomic E-state index is 6.16. The summed E-state index contributed by atoms with van der Waals surface area (Å²) in [6.07, 6.45) is 1.12. The second-order valence-corrected chi connectivity index (χ2v) is 4.63. The van der Waals surface area contributed by atoms with Crippen LogP contribution in [0, 0.1) is 5.92 Å². The molecule has 0 amide bonds. The predicted octanol–water partition coefficient (Wildman–Crippen LogP) is 2.50. The van der Waals surface area contributed by atoms with Gasteiger partial charge in [0.15, 0.2) is 0 Å². The Balaban J connectivity index is 2.59. The third-order valence-corrected chi connectivity index (χ3v) is 3.37. The van der Waals surface area contributed by atoms with Crippen LogP contribution in [0.1, 0.15) is 20.3 Å². The van der Waals surface area contributed by atoms with E-state index < -0.39 is 0 Å². The maximum atomic E-state index is 6.16. The van der Waals surface area contributed by atoms with Crippen molar-refractivity contribution in [1.29, 1.82) is 0 Å². The molecule has 0 aliphatic carbocycles. The Morgan fingerprint density at radius 2 is 1.88 bits per heavy atom. The lowest BCUT2D eigenvalue weighted by Gasteiger charge is -2.26. The molecular weight excluding hydrogens is 212 g/mol. The highest BCUT2D eigenvalue weighted by Gasteiger charge is 2.13. The molecule has 2 atom stereocenters. The van der Waals surface area contributed by atoms with E-state index in [1.54, 1.807) is 7.11 Å². The molecule has 96 valence electrons. The van der Waals surface area contributed by atoms with Gasteiger partial charge in [-0.1, -0.05) is 20.3 Å². The average Bonchev–Trinajstić information content (AvgIpc) is 2.37. The molecule has 1 aromatic carbocycles. The first-order valence-corrected chi connectivity index (χ1v) is 6.19. The highest BCUT2D eigenvalue weighted by Crippen LogP contribution is 2.19. The molecule has 0 fully saturated rings. The summed E-state index contributed by atoms with van der Waals surface area (Å²) >= 11 is 0. The monoisotopic (exact) mass is 236 g/mol. The molecule has 0 bridgehead atoms. The SMILES string of the molecule is CCC(C)C(N)CN(C)c1ccc(OC)cc1. The molecule has 0 aliphatic heterocycles. The van der Waals surface area contributed by atoms with E-state index in [1.807, 2.05) is 12.1 Å². The van der Waals surface area contributed by atoms with Crippen molar-refractivity contribution in [2.45, 2.75) is 26.3 Å². The van der Waals surface area contributed by atoms with E-state index in [9.17, 15) is 0 Å². The van der Waals surface area contributed by atoms with E-state index in [-0.39, 0.29) is 6.04 Å². The zero-order chi connectivity index (χ0) is 12.8. The molecule has 1 rings (SSSR count). The van der Waals surface area contributed by atoms with Crippen molar-refractivity contribution >= 4 is 5.69 Å². The summed E-state index contributed by atoms with van der Waals surface area (Å²) in [4.78, 5) is 2.19. The summed E-state index contributed by atoms with van der Waals surface area (Å²) < 4.78 is 5.14. The number of ether oxygens (including phenoxy) is 1. The fourth-order valence-corrected chi connectivity index (χ4v) is 1.74. The minimum atomic E-state index is 0.215. The topological polar surface area (TPSA) is 38.5 Å². The number of hydrogen-bond donors (Lipinski definition) is 1. The van der Waals surface area contributed by atoms with Crippen molar-refractivity contribution in [3.63, 3.8) is 0 Å². The molecule has 0 spiro atoms. The van der Waals surface area contributed by atoms with Crippen LogP contribution in [0.15, 0.2) is 24.3 Å². The summed E-state index contributed by atoms with van der Waals surface area (Å²) in [6, 6.07) is 8.28. The van der Waals surface area contributed by atoms with Gasteiger partial charge in [-0.15, -0.1) is 0 Å². The predicted molar refractivity (Wildman–Crippen MR) is 73.7 cm³/mol. The molecule has 0 radical (unpaired) electrons. The molecule has 3 heteroatoms. The average molecular weight is 236 g/mol. The number of likely N-dealkylation sites (N-methyl/N-ethyl adjacent to an activating group) is 1. The number of methoxy groups -OCH3 is 1. The lowest BCUT2D eigenvalue weighted by molar-refractivity contribution is 0.414. The molecular formula is C14H24N2O. The molecule has 0 heterocycles. The first kappa shape index (κ1) is 13.8. The fraction of sp³-hybridized carbons (Fsp3) is 0.571. The van der Waals surface area contributed by atoms with Gasteiger partial charge < -0.3 is 15.4 Å². The molecule has 2 N–H and O–H groups in total. The number of rotatable bonds is 6. The second kappa shape index (κ2) is 6.50. The Bertz CT molecular complexity index is 323. The van der Waals surface area contributed by atoms with Gasteiger partial charge >= 0.3 is 0 Å². The van der Waals surface area contributed by atoms with E-state index in [1.165, 1.54) is 5.69 Å². The first-order valence-electron chi connectivity index (χ1n) is 6.19. The van der Waals surface area contributed by atoms with Gasteiger partial charge in [-0.2, -0.15) is 0 Å². The van der Waals surface area contributed by atoms with Gasteiger partial charge in [0.25, 0.3) is 0 Å². The van der Waals surface area contributed by atoms with Crippen LogP contribution in [-0.2, 0) is 0 Å². The Labute approximate surface area is 105 Å². The Morgan fingerprint density at radius 1 is 1.29 bits per heavy atom. The van der Waals surface area contributed by atoms with Crippen LogP contribution in [0.2, 0.25) is 0 Å². The maximum Gasteiger partial charge on any atom is 0.119 e. The third-order valence-electron chi connectivity index (χ3n) is 3.37. The van der Waals surface area contributed by atoms with Crippen LogP contribution in [0.4, 0.5) is 5.69 Å². The van der Waals surface area contributed by atoms with E-state index in [4.69, 9.17) is 10.5 Å². The normalized spacial score (nSPS) is 14.2. The second-order valence-electron chi connectivity index (χ2n) is 4.63. The van der Waals surface area contributed by atoms with E-state index >= 15 is 0 Å². The van der Waals surface area contributed by atoms with Crippen molar-refractivity contribution in [2.75, 3.05) is 25.6 Å². The molecule has 0 saturated carbocycles. The number of nitrogens with zero attached hydrogens (tertiary/aromatic N) is 1. The third kappa shape index (κ3) is 3.93. The summed E-state index contributed by atoms with van der Waals surface area (Å²) in [5.41, 5.74) is 7.33. The van der Waals surface area contributed by atoms with Crippen molar-refractivity contribution < 1.29 is 4.74 Å². The number of benzene rings is 1. The molecule has 1 aromatic rings. The number of anilines is 1. The Morgan fingerprint density at radius 3 is 2.35 bits per heavy atom. The molecule has 2 unspecified atom stereocenters. The Hall–Kier alpha value is -1.22. The number of nitrogens with two attached hydrogens (primary N) is 1. The van der Waals surface area contributed by atoms with E-state index in [2.05, 4.69) is 37.9 Å². The van der Waals surface area contributed by atoms with Gasteiger partial charge in [0.2, 0.25) is 0 Å². The number of hydrogen-bond acceptors (Lipinski definition) is 3. The van der Waals surface area contributed by atoms with Gasteiger partial charge in [-0.25, -0.2) is 0 Å². The minimum Gasteiger partial charge on any atom is -0.497 e. The van der Waals surface area contributed by atoms with Crippen molar-refractivity contribution in [3.8, 4) is 5.75 Å². The van der Waals surface area contributed by atoms with E-state index in [0.717, 1.165) is 18.7 Å². The van der Waals surface area contributed by atoms with Gasteiger partial charge in [-0.3, -0.25) is 0 Å². The zero-order valence-electron chi connectivity index (χ0n) is 11.3. The van der Waals surface area contributed by atoms with Gasteiger partial charge in [0.1, 0.15) is 5.75 Å². The summed E-state index contributed by atoms with van der Waals surface area (Å²) in [5, 5.41) is 0. The van der Waals surface area contributed by atoms with Crippen molar-refractivity contribution in [3.05, 3.63) is 24.3 Å². The summed E-state index contributed by atoms with van der Waals surface area (Å²) in [7, 11) is 3.75. The van der Waals surface area contributed by atoms with Gasteiger partial charge in [-0.05, 0) is 30.2 Å². The van der Waals surface area contributed by atoms with Crippen LogP contribution in [0.5, 0.6) is 5.75 Å². The van der Waals surface area contributed by atoms with Crippen LogP contribution < -0.4 is 15.4 Å². The smallest absolute Gasteiger partial charge is 0.119 e. The summed E-state index contributed by atoms with van der Waals surface area (Å²) in [5.74, 6) is 1.43. The van der Waals surface area contributed by atoms with Crippen LogP contribution >= 0.6 is 0 Å². The van der Waals surface area contributed by atoms with Crippen molar-refractivity contribution in [2.24, 2.45) is 11.7 Å². The Kier molecular flexibility index (Phi) is 5.29. The highest BCUT2D eigenvalue weighted by atomic mass is 16.5. The molecule has 0 aliphatic rings. The quantitative estimate of drug-likeness (QED) is 0.824. The standard InChI is InChI=1S/C14H24N2O/c1-5-11(2)14(15)10-16(3)12-6-8-13(17-4)9-7-12/h6-9,11,14H,5,10,15H2,1-4H3. The first-order chi connectivity index (χ1) is 8.08. The fourth-order valence-electron chi connectivity index (χ4n) is 1.74. The van der Waals surface area contributed by atoms with Crippen LogP contribution in [-0.4, -0.2) is 26.7 Å². The van der Waals surface area contributed by atoms with Crippen LogP contribution in [0.25, 0.3) is 0 Å². The molecule has 0 aromatic heterocycles.